The van der Waals surface area contributed by atoms with Crippen LogP contribution in [0.1, 0.15) is 29.3 Å². The minimum absolute atomic E-state index is 0.296. The first-order valence-electron chi connectivity index (χ1n) is 7.00. The van der Waals surface area contributed by atoms with Crippen molar-refractivity contribution >= 4 is 11.3 Å². The van der Waals surface area contributed by atoms with Crippen molar-refractivity contribution in [2.45, 2.75) is 31.6 Å². The Kier molecular flexibility index (Phi) is 3.91. The lowest BCUT2D eigenvalue weighted by molar-refractivity contribution is -0.193. The van der Waals surface area contributed by atoms with Gasteiger partial charge in [-0.25, -0.2) is 0 Å². The summed E-state index contributed by atoms with van der Waals surface area (Å²) in [6, 6.07) is 2.47. The van der Waals surface area contributed by atoms with Gasteiger partial charge in [-0.3, -0.25) is 4.90 Å². The molecular weight excluding hydrogens is 260 g/mol. The van der Waals surface area contributed by atoms with Crippen molar-refractivity contribution in [2.24, 2.45) is 5.73 Å². The molecule has 4 nitrogen and oxygen atoms in total. The monoisotopic (exact) mass is 282 g/mol. The summed E-state index contributed by atoms with van der Waals surface area (Å²) in [7, 11) is 0. The van der Waals surface area contributed by atoms with E-state index in [0.29, 0.717) is 12.6 Å². The van der Waals surface area contributed by atoms with E-state index in [4.69, 9.17) is 15.2 Å². The van der Waals surface area contributed by atoms with Crippen molar-refractivity contribution in [3.05, 3.63) is 21.9 Å². The Morgan fingerprint density at radius 1 is 1.47 bits per heavy atom. The summed E-state index contributed by atoms with van der Waals surface area (Å²) < 4.78 is 11.7. The maximum atomic E-state index is 6.03. The molecule has 1 aromatic rings. The first-order valence-corrected chi connectivity index (χ1v) is 7.88. The number of likely N-dealkylation sites (tertiary alicyclic amines) is 1. The zero-order chi connectivity index (χ0) is 13.3. The number of hydrogen-bond acceptors (Lipinski definition) is 5. The van der Waals surface area contributed by atoms with Crippen molar-refractivity contribution in [1.29, 1.82) is 0 Å². The van der Waals surface area contributed by atoms with Gasteiger partial charge >= 0.3 is 0 Å². The van der Waals surface area contributed by atoms with Gasteiger partial charge in [-0.2, -0.15) is 0 Å². The third-order valence-electron chi connectivity index (χ3n) is 4.13. The first-order chi connectivity index (χ1) is 9.24. The molecule has 2 N–H and O–H groups in total. The Morgan fingerprint density at radius 3 is 2.89 bits per heavy atom. The van der Waals surface area contributed by atoms with Crippen LogP contribution in [0.2, 0.25) is 0 Å². The number of piperidine rings is 1. The molecule has 2 aliphatic heterocycles. The molecule has 1 spiro atoms. The quantitative estimate of drug-likeness (QED) is 0.920. The number of nitrogens with zero attached hydrogens (tertiary/aromatic N) is 1. The van der Waals surface area contributed by atoms with E-state index in [2.05, 4.69) is 23.3 Å². The molecule has 2 saturated heterocycles. The number of hydrogen-bond donors (Lipinski definition) is 1. The summed E-state index contributed by atoms with van der Waals surface area (Å²) in [5.41, 5.74) is 7.38. The fourth-order valence-electron chi connectivity index (χ4n) is 3.17. The largest absolute Gasteiger partial charge is 0.346 e. The summed E-state index contributed by atoms with van der Waals surface area (Å²) in [6.45, 7) is 6.17. The second-order valence-corrected chi connectivity index (χ2v) is 6.35. The second kappa shape index (κ2) is 5.50. The first kappa shape index (κ1) is 13.5. The molecule has 1 atom stereocenters. The summed E-state index contributed by atoms with van der Waals surface area (Å²) in [5.74, 6) is -0.364. The van der Waals surface area contributed by atoms with E-state index in [0.717, 1.165) is 39.1 Å². The van der Waals surface area contributed by atoms with Gasteiger partial charge in [0.25, 0.3) is 0 Å². The van der Waals surface area contributed by atoms with Crippen LogP contribution in [0.25, 0.3) is 0 Å². The molecule has 0 amide bonds. The van der Waals surface area contributed by atoms with Gasteiger partial charge in [-0.15, -0.1) is 11.3 Å². The SMILES string of the molecule is Cc1ccsc1C(CN)N1CCCC2(C1)OCCO2. The van der Waals surface area contributed by atoms with E-state index < -0.39 is 0 Å². The van der Waals surface area contributed by atoms with Gasteiger partial charge in [0.05, 0.1) is 25.8 Å². The molecule has 2 aliphatic rings. The Morgan fingerprint density at radius 2 is 2.26 bits per heavy atom. The zero-order valence-electron chi connectivity index (χ0n) is 11.4. The van der Waals surface area contributed by atoms with E-state index in [-0.39, 0.29) is 5.79 Å². The van der Waals surface area contributed by atoms with Crippen LogP contribution in [0.4, 0.5) is 0 Å². The third-order valence-corrected chi connectivity index (χ3v) is 5.25. The maximum Gasteiger partial charge on any atom is 0.181 e. The van der Waals surface area contributed by atoms with Crippen LogP contribution in [0.15, 0.2) is 11.4 Å². The van der Waals surface area contributed by atoms with Crippen LogP contribution < -0.4 is 5.73 Å². The lowest BCUT2D eigenvalue weighted by Gasteiger charge is -2.42. The molecule has 0 saturated carbocycles. The molecule has 0 aromatic carbocycles. The molecular formula is C14H22N2O2S. The lowest BCUT2D eigenvalue weighted by atomic mass is 10.0. The van der Waals surface area contributed by atoms with E-state index in [1.165, 1.54) is 10.4 Å². The fraction of sp³-hybridized carbons (Fsp3) is 0.714. The standard InChI is InChI=1S/C14H22N2O2S/c1-11-3-8-19-13(11)12(9-15)16-5-2-4-14(10-16)17-6-7-18-14/h3,8,12H,2,4-7,9-10,15H2,1H3. The van der Waals surface area contributed by atoms with E-state index >= 15 is 0 Å². The highest BCUT2D eigenvalue weighted by atomic mass is 32.1. The minimum atomic E-state index is -0.364. The molecule has 3 heterocycles. The lowest BCUT2D eigenvalue weighted by Crippen LogP contribution is -2.51. The predicted molar refractivity (Wildman–Crippen MR) is 76.3 cm³/mol. The molecule has 2 fully saturated rings. The van der Waals surface area contributed by atoms with Crippen molar-refractivity contribution in [3.8, 4) is 0 Å². The van der Waals surface area contributed by atoms with E-state index in [1.807, 2.05) is 0 Å². The van der Waals surface area contributed by atoms with Gasteiger partial charge in [0.1, 0.15) is 0 Å². The van der Waals surface area contributed by atoms with Crippen molar-refractivity contribution in [2.75, 3.05) is 32.8 Å². The van der Waals surface area contributed by atoms with Gasteiger partial charge in [-0.1, -0.05) is 0 Å². The molecule has 0 radical (unpaired) electrons. The second-order valence-electron chi connectivity index (χ2n) is 5.40. The molecule has 5 heteroatoms. The molecule has 1 unspecified atom stereocenters. The van der Waals surface area contributed by atoms with Gasteiger partial charge < -0.3 is 15.2 Å². The summed E-state index contributed by atoms with van der Waals surface area (Å²) >= 11 is 1.80. The van der Waals surface area contributed by atoms with Crippen LogP contribution in [-0.4, -0.2) is 43.5 Å². The van der Waals surface area contributed by atoms with Gasteiger partial charge in [0.15, 0.2) is 5.79 Å². The average molecular weight is 282 g/mol. The highest BCUT2D eigenvalue weighted by Crippen LogP contribution is 2.36. The van der Waals surface area contributed by atoms with Crippen LogP contribution in [0.3, 0.4) is 0 Å². The molecule has 19 heavy (non-hydrogen) atoms. The Bertz CT molecular complexity index is 429. The average Bonchev–Trinajstić information content (AvgIpc) is 3.02. The highest BCUT2D eigenvalue weighted by molar-refractivity contribution is 7.10. The number of nitrogens with two attached hydrogens (primary N) is 1. The fourth-order valence-corrected chi connectivity index (χ4v) is 4.24. The summed E-state index contributed by atoms with van der Waals surface area (Å²) in [5, 5.41) is 2.15. The number of thiophene rings is 1. The minimum Gasteiger partial charge on any atom is -0.346 e. The maximum absolute atomic E-state index is 6.03. The van der Waals surface area contributed by atoms with Crippen molar-refractivity contribution in [1.82, 2.24) is 4.90 Å². The molecule has 0 aliphatic carbocycles. The smallest absolute Gasteiger partial charge is 0.181 e. The molecule has 106 valence electrons. The van der Waals surface area contributed by atoms with Crippen LogP contribution in [0, 0.1) is 6.92 Å². The Balaban J connectivity index is 1.78. The third kappa shape index (κ3) is 2.58. The van der Waals surface area contributed by atoms with Crippen LogP contribution in [-0.2, 0) is 9.47 Å². The van der Waals surface area contributed by atoms with Crippen molar-refractivity contribution in [3.63, 3.8) is 0 Å². The Labute approximate surface area is 118 Å². The summed E-state index contributed by atoms with van der Waals surface area (Å²) in [6.07, 6.45) is 2.12. The Hall–Kier alpha value is -0.460. The predicted octanol–water partition coefficient (Wildman–Crippen LogP) is 1.90. The van der Waals surface area contributed by atoms with E-state index in [1.54, 1.807) is 11.3 Å². The number of rotatable bonds is 3. The van der Waals surface area contributed by atoms with Gasteiger partial charge in [-0.05, 0) is 36.9 Å². The van der Waals surface area contributed by atoms with Gasteiger partial charge in [0.2, 0.25) is 0 Å². The summed E-state index contributed by atoms with van der Waals surface area (Å²) in [4.78, 5) is 3.82. The van der Waals surface area contributed by atoms with E-state index in [9.17, 15) is 0 Å². The number of aryl methyl sites for hydroxylation is 1. The number of ether oxygens (including phenoxy) is 2. The molecule has 3 rings (SSSR count). The highest BCUT2D eigenvalue weighted by Gasteiger charge is 2.42. The van der Waals surface area contributed by atoms with Crippen molar-refractivity contribution < 1.29 is 9.47 Å². The molecule has 1 aromatic heterocycles. The molecule has 0 bridgehead atoms. The van der Waals surface area contributed by atoms with Crippen LogP contribution >= 0.6 is 11.3 Å². The van der Waals surface area contributed by atoms with Crippen LogP contribution in [0.5, 0.6) is 0 Å². The van der Waals surface area contributed by atoms with Gasteiger partial charge in [0, 0.05) is 17.8 Å². The normalized spacial score (nSPS) is 24.9. The zero-order valence-corrected chi connectivity index (χ0v) is 12.2. The topological polar surface area (TPSA) is 47.7 Å².